The Morgan fingerprint density at radius 2 is 0.846 bits per heavy atom. The SMILES string of the molecule is O=C1[C@@H]2[C@H](C(=O)N1CCN1C(=O)[C@@H]3[C@H](C1=O)[C@@H]1C=C[C@H]3C1)[C@@H]1C=C[C@H]2C1. The van der Waals surface area contributed by atoms with E-state index in [1.165, 1.54) is 9.80 Å². The Bertz CT molecular complexity index is 702. The highest BCUT2D eigenvalue weighted by Gasteiger charge is 2.61. The van der Waals surface area contributed by atoms with Crippen molar-refractivity contribution < 1.29 is 19.2 Å². The Hall–Kier alpha value is -2.24. The molecule has 4 fully saturated rings. The molecule has 4 aliphatic carbocycles. The monoisotopic (exact) mass is 352 g/mol. The predicted molar refractivity (Wildman–Crippen MR) is 88.9 cm³/mol. The molecule has 0 radical (unpaired) electrons. The van der Waals surface area contributed by atoms with Crippen LogP contribution in [0.25, 0.3) is 0 Å². The zero-order valence-corrected chi connectivity index (χ0v) is 14.3. The van der Waals surface area contributed by atoms with Gasteiger partial charge in [-0.2, -0.15) is 0 Å². The van der Waals surface area contributed by atoms with Gasteiger partial charge in [-0.25, -0.2) is 0 Å². The highest BCUT2D eigenvalue weighted by molar-refractivity contribution is 6.08. The number of nitrogens with zero attached hydrogens (tertiary/aromatic N) is 2. The summed E-state index contributed by atoms with van der Waals surface area (Å²) in [5, 5.41) is 0. The van der Waals surface area contributed by atoms with Gasteiger partial charge in [0.15, 0.2) is 0 Å². The van der Waals surface area contributed by atoms with E-state index in [1.54, 1.807) is 0 Å². The van der Waals surface area contributed by atoms with Crippen molar-refractivity contribution in [3.63, 3.8) is 0 Å². The van der Waals surface area contributed by atoms with Crippen LogP contribution in [0, 0.1) is 47.3 Å². The molecule has 6 rings (SSSR count). The molecule has 6 heteroatoms. The summed E-state index contributed by atoms with van der Waals surface area (Å²) in [6, 6.07) is 0. The van der Waals surface area contributed by atoms with E-state index >= 15 is 0 Å². The lowest BCUT2D eigenvalue weighted by Crippen LogP contribution is -2.42. The van der Waals surface area contributed by atoms with E-state index in [-0.39, 0.29) is 84.1 Å². The normalized spacial score (nSPS) is 47.1. The van der Waals surface area contributed by atoms with Crippen LogP contribution in [0.3, 0.4) is 0 Å². The van der Waals surface area contributed by atoms with Crippen LogP contribution in [0.1, 0.15) is 12.8 Å². The number of rotatable bonds is 3. The number of likely N-dealkylation sites (tertiary alicyclic amines) is 2. The fourth-order valence-corrected chi connectivity index (χ4v) is 6.57. The molecule has 0 unspecified atom stereocenters. The standard InChI is InChI=1S/C20H20N2O4/c23-17-13-9-1-2-10(7-9)14(13)18(24)21(17)5-6-22-19(25)15-11-3-4-12(8-11)16(15)20(22)26/h1-4,9-16H,5-8H2/t9-,10+,11-,12+,13-,14+,15-,16+. The lowest BCUT2D eigenvalue weighted by molar-refractivity contribution is -0.146. The molecule has 0 spiro atoms. The molecule has 8 atom stereocenters. The smallest absolute Gasteiger partial charge is 0.233 e. The zero-order valence-electron chi connectivity index (χ0n) is 14.3. The van der Waals surface area contributed by atoms with Crippen LogP contribution in [-0.2, 0) is 19.2 Å². The quantitative estimate of drug-likeness (QED) is 0.551. The molecule has 6 aliphatic rings. The third-order valence-electron chi connectivity index (χ3n) is 7.67. The third-order valence-corrected chi connectivity index (χ3v) is 7.67. The number of amides is 4. The Morgan fingerprint density at radius 3 is 1.12 bits per heavy atom. The zero-order chi connectivity index (χ0) is 17.7. The molecular weight excluding hydrogens is 332 g/mol. The summed E-state index contributed by atoms with van der Waals surface area (Å²) in [7, 11) is 0. The highest BCUT2D eigenvalue weighted by atomic mass is 16.2. The van der Waals surface area contributed by atoms with Gasteiger partial charge in [0.05, 0.1) is 23.7 Å². The molecule has 26 heavy (non-hydrogen) atoms. The van der Waals surface area contributed by atoms with E-state index in [0.29, 0.717) is 0 Å². The first kappa shape index (κ1) is 14.9. The first-order valence-electron chi connectivity index (χ1n) is 9.63. The van der Waals surface area contributed by atoms with Crippen molar-refractivity contribution in [2.45, 2.75) is 12.8 Å². The van der Waals surface area contributed by atoms with Crippen LogP contribution in [0.5, 0.6) is 0 Å². The number of carbonyl (C=O) groups is 4. The van der Waals surface area contributed by atoms with Gasteiger partial charge < -0.3 is 0 Å². The van der Waals surface area contributed by atoms with Crippen LogP contribution in [0.15, 0.2) is 24.3 Å². The molecule has 2 saturated carbocycles. The highest BCUT2D eigenvalue weighted by Crippen LogP contribution is 2.53. The number of carbonyl (C=O) groups excluding carboxylic acids is 4. The summed E-state index contributed by atoms with van der Waals surface area (Å²) in [6.45, 7) is 0.285. The van der Waals surface area contributed by atoms with Crippen molar-refractivity contribution in [1.82, 2.24) is 9.80 Å². The fraction of sp³-hybridized carbons (Fsp3) is 0.600. The van der Waals surface area contributed by atoms with Crippen molar-refractivity contribution >= 4 is 23.6 Å². The second kappa shape index (κ2) is 4.72. The molecule has 2 heterocycles. The van der Waals surface area contributed by atoms with Crippen LogP contribution in [0.2, 0.25) is 0 Å². The Kier molecular flexibility index (Phi) is 2.70. The number of fused-ring (bicyclic) bond motifs is 10. The number of imide groups is 2. The number of hydrogen-bond donors (Lipinski definition) is 0. The molecule has 0 aromatic rings. The van der Waals surface area contributed by atoms with Crippen molar-refractivity contribution in [2.75, 3.05) is 13.1 Å². The van der Waals surface area contributed by atoms with Crippen LogP contribution in [0.4, 0.5) is 0 Å². The maximum absolute atomic E-state index is 12.7. The molecule has 2 aliphatic heterocycles. The molecule has 4 bridgehead atoms. The Labute approximate surface area is 150 Å². The maximum atomic E-state index is 12.7. The predicted octanol–water partition coefficient (Wildman–Crippen LogP) is 0.601. The molecule has 2 saturated heterocycles. The van der Waals surface area contributed by atoms with Gasteiger partial charge in [0.1, 0.15) is 0 Å². The van der Waals surface area contributed by atoms with Crippen LogP contribution in [-0.4, -0.2) is 46.5 Å². The lowest BCUT2D eigenvalue weighted by Gasteiger charge is -2.22. The van der Waals surface area contributed by atoms with Gasteiger partial charge in [-0.05, 0) is 36.5 Å². The summed E-state index contributed by atoms with van der Waals surface area (Å²) < 4.78 is 0. The van der Waals surface area contributed by atoms with Crippen molar-refractivity contribution in [2.24, 2.45) is 47.3 Å². The minimum atomic E-state index is -0.220. The van der Waals surface area contributed by atoms with E-state index in [0.717, 1.165) is 12.8 Å². The van der Waals surface area contributed by atoms with Gasteiger partial charge in [0.25, 0.3) is 0 Å². The maximum Gasteiger partial charge on any atom is 0.233 e. The first-order valence-corrected chi connectivity index (χ1v) is 9.63. The van der Waals surface area contributed by atoms with Gasteiger partial charge in [-0.3, -0.25) is 29.0 Å². The molecule has 0 N–H and O–H groups in total. The lowest BCUT2D eigenvalue weighted by atomic mass is 9.85. The summed E-state index contributed by atoms with van der Waals surface area (Å²) in [6.07, 6.45) is 10.1. The molecule has 134 valence electrons. The van der Waals surface area contributed by atoms with E-state index in [9.17, 15) is 19.2 Å². The molecule has 6 nitrogen and oxygen atoms in total. The van der Waals surface area contributed by atoms with Gasteiger partial charge in [0.2, 0.25) is 23.6 Å². The summed E-state index contributed by atoms with van der Waals surface area (Å²) >= 11 is 0. The fourth-order valence-electron chi connectivity index (χ4n) is 6.57. The van der Waals surface area contributed by atoms with Gasteiger partial charge in [-0.15, -0.1) is 0 Å². The average molecular weight is 352 g/mol. The number of hydrogen-bond acceptors (Lipinski definition) is 4. The van der Waals surface area contributed by atoms with Crippen molar-refractivity contribution in [3.05, 3.63) is 24.3 Å². The minimum absolute atomic E-state index is 0.113. The molecular formula is C20H20N2O4. The Morgan fingerprint density at radius 1 is 0.577 bits per heavy atom. The average Bonchev–Trinajstić information content (AvgIpc) is 3.43. The summed E-state index contributed by atoms with van der Waals surface area (Å²) in [5.41, 5.74) is 0. The third kappa shape index (κ3) is 1.59. The summed E-state index contributed by atoms with van der Waals surface area (Å²) in [5.74, 6) is -0.602. The first-order chi connectivity index (χ1) is 12.6. The van der Waals surface area contributed by atoms with Crippen molar-refractivity contribution in [1.29, 1.82) is 0 Å². The van der Waals surface area contributed by atoms with Crippen LogP contribution >= 0.6 is 0 Å². The van der Waals surface area contributed by atoms with Gasteiger partial charge >= 0.3 is 0 Å². The van der Waals surface area contributed by atoms with E-state index in [2.05, 4.69) is 24.3 Å². The topological polar surface area (TPSA) is 74.8 Å². The molecule has 0 aromatic carbocycles. The molecule has 0 aromatic heterocycles. The summed E-state index contributed by atoms with van der Waals surface area (Å²) in [4.78, 5) is 53.6. The van der Waals surface area contributed by atoms with E-state index in [1.807, 2.05) is 0 Å². The van der Waals surface area contributed by atoms with Crippen molar-refractivity contribution in [3.8, 4) is 0 Å². The Balaban J connectivity index is 1.19. The van der Waals surface area contributed by atoms with Gasteiger partial charge in [0, 0.05) is 13.1 Å². The van der Waals surface area contributed by atoms with E-state index in [4.69, 9.17) is 0 Å². The van der Waals surface area contributed by atoms with E-state index < -0.39 is 0 Å². The second-order valence-corrected chi connectivity index (χ2v) is 8.66. The molecule has 4 amide bonds. The second-order valence-electron chi connectivity index (χ2n) is 8.66. The van der Waals surface area contributed by atoms with Gasteiger partial charge in [-0.1, -0.05) is 24.3 Å². The van der Waals surface area contributed by atoms with Crippen LogP contribution < -0.4 is 0 Å². The minimum Gasteiger partial charge on any atom is -0.280 e. The number of allylic oxidation sites excluding steroid dienone is 4. The largest absolute Gasteiger partial charge is 0.280 e.